The molecule has 160 valence electrons. The van der Waals surface area contributed by atoms with Gasteiger partial charge in [-0.2, -0.15) is 0 Å². The first-order chi connectivity index (χ1) is 14.6. The third-order valence-corrected chi connectivity index (χ3v) is 5.33. The smallest absolute Gasteiger partial charge is 0.407 e. The lowest BCUT2D eigenvalue weighted by Crippen LogP contribution is -2.45. The number of ether oxygens (including phenoxy) is 4. The lowest BCUT2D eigenvalue weighted by Gasteiger charge is -2.34. The van der Waals surface area contributed by atoms with Crippen molar-refractivity contribution in [1.82, 2.24) is 4.90 Å². The summed E-state index contributed by atoms with van der Waals surface area (Å²) in [6.07, 6.45) is -0.360. The van der Waals surface area contributed by atoms with Gasteiger partial charge >= 0.3 is 6.09 Å². The molecule has 0 saturated carbocycles. The zero-order chi connectivity index (χ0) is 20.9. The maximum Gasteiger partial charge on any atom is 0.407 e. The van der Waals surface area contributed by atoms with Crippen LogP contribution in [0.2, 0.25) is 0 Å². The van der Waals surface area contributed by atoms with Gasteiger partial charge in [0.1, 0.15) is 11.5 Å². The molecular weight excluding hydrogens is 390 g/mol. The average Bonchev–Trinajstić information content (AvgIpc) is 3.22. The highest BCUT2D eigenvalue weighted by Gasteiger charge is 2.30. The molecule has 2 atom stereocenters. The summed E-state index contributed by atoms with van der Waals surface area (Å²) in [5.74, 6) is 2.84. The number of hydrogen-bond acceptors (Lipinski definition) is 6. The zero-order valence-electron chi connectivity index (χ0n) is 16.5. The lowest BCUT2D eigenvalue weighted by atomic mass is 9.87. The number of piperidine rings is 1. The number of fused-ring (bicyclic) bond motifs is 1. The van der Waals surface area contributed by atoms with Crippen molar-refractivity contribution in [3.63, 3.8) is 0 Å². The molecule has 2 heterocycles. The van der Waals surface area contributed by atoms with Crippen LogP contribution < -0.4 is 18.9 Å². The van der Waals surface area contributed by atoms with Crippen LogP contribution in [0.4, 0.5) is 4.79 Å². The Morgan fingerprint density at radius 1 is 1.03 bits per heavy atom. The molecular formula is C22H25NO7. The van der Waals surface area contributed by atoms with Crippen molar-refractivity contribution in [2.75, 3.05) is 33.1 Å². The van der Waals surface area contributed by atoms with Gasteiger partial charge in [0.25, 0.3) is 0 Å². The van der Waals surface area contributed by atoms with Gasteiger partial charge in [0.2, 0.25) is 6.79 Å². The molecule has 2 aliphatic heterocycles. The fourth-order valence-corrected chi connectivity index (χ4v) is 3.71. The van der Waals surface area contributed by atoms with Crippen molar-refractivity contribution in [3.05, 3.63) is 48.0 Å². The second-order valence-electron chi connectivity index (χ2n) is 7.33. The fourth-order valence-electron chi connectivity index (χ4n) is 3.71. The molecule has 1 saturated heterocycles. The Labute approximate surface area is 174 Å². The van der Waals surface area contributed by atoms with Gasteiger partial charge in [0, 0.05) is 24.9 Å². The third kappa shape index (κ3) is 4.71. The van der Waals surface area contributed by atoms with Gasteiger partial charge in [0.05, 0.1) is 25.9 Å². The predicted molar refractivity (Wildman–Crippen MR) is 108 cm³/mol. The first kappa shape index (κ1) is 20.2. The minimum Gasteiger partial charge on any atom is -0.493 e. The molecule has 8 nitrogen and oxygen atoms in total. The number of amides is 1. The van der Waals surface area contributed by atoms with Crippen LogP contribution in [0.25, 0.3) is 0 Å². The summed E-state index contributed by atoms with van der Waals surface area (Å²) < 4.78 is 22.1. The number of aliphatic hydroxyl groups is 1. The summed E-state index contributed by atoms with van der Waals surface area (Å²) in [7, 11) is 0. The van der Waals surface area contributed by atoms with Gasteiger partial charge in [-0.05, 0) is 36.2 Å². The normalized spacial score (nSPS) is 20.1. The monoisotopic (exact) mass is 415 g/mol. The molecule has 0 aliphatic carbocycles. The molecule has 4 rings (SSSR count). The third-order valence-electron chi connectivity index (χ3n) is 5.33. The zero-order valence-corrected chi connectivity index (χ0v) is 16.5. The number of rotatable bonds is 7. The molecule has 2 unspecified atom stereocenters. The van der Waals surface area contributed by atoms with Gasteiger partial charge in [-0.3, -0.25) is 0 Å². The van der Waals surface area contributed by atoms with Crippen molar-refractivity contribution >= 4 is 6.09 Å². The summed E-state index contributed by atoms with van der Waals surface area (Å²) in [6.45, 7) is 1.85. The number of likely N-dealkylation sites (tertiary alicyclic amines) is 1. The summed E-state index contributed by atoms with van der Waals surface area (Å²) in [5.41, 5.74) is 0.992. The van der Waals surface area contributed by atoms with Crippen molar-refractivity contribution in [1.29, 1.82) is 0 Å². The molecule has 0 bridgehead atoms. The minimum atomic E-state index is -0.987. The van der Waals surface area contributed by atoms with Crippen LogP contribution in [0, 0.1) is 0 Å². The molecule has 2 N–H and O–H groups in total. The number of β-amino-alcohol motifs (C(OH)–C–C–N with tert-alkyl or cyclic N) is 1. The minimum absolute atomic E-state index is 0.0650. The van der Waals surface area contributed by atoms with Gasteiger partial charge < -0.3 is 34.1 Å². The number of nitrogens with zero attached hydrogens (tertiary/aromatic N) is 1. The van der Waals surface area contributed by atoms with Crippen LogP contribution >= 0.6 is 0 Å². The summed E-state index contributed by atoms with van der Waals surface area (Å²) in [4.78, 5) is 12.3. The van der Waals surface area contributed by atoms with E-state index < -0.39 is 12.2 Å². The van der Waals surface area contributed by atoms with E-state index in [9.17, 15) is 9.90 Å². The number of benzene rings is 2. The van der Waals surface area contributed by atoms with Crippen LogP contribution in [-0.4, -0.2) is 60.4 Å². The molecule has 0 spiro atoms. The highest BCUT2D eigenvalue weighted by Crippen LogP contribution is 2.35. The van der Waals surface area contributed by atoms with Gasteiger partial charge in [0.15, 0.2) is 11.5 Å². The van der Waals surface area contributed by atoms with E-state index in [0.29, 0.717) is 31.9 Å². The number of carbonyl (C=O) groups is 1. The van der Waals surface area contributed by atoms with E-state index in [0.717, 1.165) is 29.2 Å². The van der Waals surface area contributed by atoms with Crippen LogP contribution in [0.1, 0.15) is 24.3 Å². The summed E-state index contributed by atoms with van der Waals surface area (Å²) >= 11 is 0. The molecule has 2 aromatic rings. The van der Waals surface area contributed by atoms with Crippen molar-refractivity contribution in [2.45, 2.75) is 24.9 Å². The van der Waals surface area contributed by atoms with E-state index in [1.54, 1.807) is 0 Å². The quantitative estimate of drug-likeness (QED) is 0.671. The molecule has 8 heteroatoms. The highest BCUT2D eigenvalue weighted by molar-refractivity contribution is 5.65. The van der Waals surface area contributed by atoms with Gasteiger partial charge in [-0.15, -0.1) is 0 Å². The lowest BCUT2D eigenvalue weighted by molar-refractivity contribution is 0.0504. The van der Waals surface area contributed by atoms with E-state index in [-0.39, 0.29) is 19.3 Å². The van der Waals surface area contributed by atoms with E-state index in [1.165, 1.54) is 4.90 Å². The van der Waals surface area contributed by atoms with Crippen LogP contribution in [0.15, 0.2) is 42.5 Å². The molecule has 30 heavy (non-hydrogen) atoms. The maximum absolute atomic E-state index is 11.0. The molecule has 0 aromatic heterocycles. The van der Waals surface area contributed by atoms with Crippen molar-refractivity contribution in [2.24, 2.45) is 0 Å². The van der Waals surface area contributed by atoms with Gasteiger partial charge in [-0.1, -0.05) is 12.1 Å². The largest absolute Gasteiger partial charge is 0.493 e. The Morgan fingerprint density at radius 3 is 2.47 bits per heavy atom. The molecule has 2 aliphatic rings. The second kappa shape index (κ2) is 9.13. The van der Waals surface area contributed by atoms with E-state index >= 15 is 0 Å². The highest BCUT2D eigenvalue weighted by atomic mass is 16.7. The number of aliphatic hydroxyl groups excluding tert-OH is 1. The molecule has 1 fully saturated rings. The first-order valence-electron chi connectivity index (χ1n) is 10.0. The number of carboxylic acid groups (broad SMARTS) is 1. The first-order valence-corrected chi connectivity index (χ1v) is 10.0. The Morgan fingerprint density at radius 2 is 1.73 bits per heavy atom. The summed E-state index contributed by atoms with van der Waals surface area (Å²) in [5, 5.41) is 19.3. The van der Waals surface area contributed by atoms with Gasteiger partial charge in [-0.25, -0.2) is 4.79 Å². The fraction of sp³-hybridized carbons (Fsp3) is 0.409. The molecule has 2 aromatic carbocycles. The SMILES string of the molecule is O=C(O)N1CCC(c2ccc(OCCCOc3ccc4c(c3)OCO4)cc2)C(O)C1. The summed E-state index contributed by atoms with van der Waals surface area (Å²) in [6, 6.07) is 13.1. The Kier molecular flexibility index (Phi) is 6.13. The second-order valence-corrected chi connectivity index (χ2v) is 7.33. The topological polar surface area (TPSA) is 97.7 Å². The van der Waals surface area contributed by atoms with Crippen LogP contribution in [0.3, 0.4) is 0 Å². The Hall–Kier alpha value is -3.13. The maximum atomic E-state index is 11.0. The Bertz CT molecular complexity index is 870. The van der Waals surface area contributed by atoms with Crippen molar-refractivity contribution < 1.29 is 34.0 Å². The number of hydrogen-bond donors (Lipinski definition) is 2. The van der Waals surface area contributed by atoms with Crippen molar-refractivity contribution in [3.8, 4) is 23.0 Å². The van der Waals surface area contributed by atoms with E-state index in [2.05, 4.69) is 0 Å². The van der Waals surface area contributed by atoms with E-state index in [4.69, 9.17) is 24.1 Å². The predicted octanol–water partition coefficient (Wildman–Crippen LogP) is 3.09. The average molecular weight is 415 g/mol. The standard InChI is InChI=1S/C22H25NO7/c24-19-13-23(22(25)26)9-8-18(19)15-2-4-16(5-3-15)27-10-1-11-28-17-6-7-20-21(12-17)30-14-29-20/h2-7,12,18-19,24H,1,8-11,13-14H2,(H,25,26). The van der Waals surface area contributed by atoms with Crippen LogP contribution in [-0.2, 0) is 0 Å². The van der Waals surface area contributed by atoms with Crippen LogP contribution in [0.5, 0.6) is 23.0 Å². The molecule has 0 radical (unpaired) electrons. The van der Waals surface area contributed by atoms with E-state index in [1.807, 2.05) is 42.5 Å². The molecule has 1 amide bonds. The Balaban J connectivity index is 1.19.